The third kappa shape index (κ3) is 5.49. The Morgan fingerprint density at radius 2 is 1.90 bits per heavy atom. The molecule has 0 aliphatic heterocycles. The highest BCUT2D eigenvalue weighted by Gasteiger charge is 2.27. The lowest BCUT2D eigenvalue weighted by Crippen LogP contribution is -2.47. The lowest BCUT2D eigenvalue weighted by Gasteiger charge is -2.27. The number of aliphatic carboxylic acids is 1. The topological polar surface area (TPSA) is 75.6 Å². The molecule has 5 heteroatoms. The Morgan fingerprint density at radius 1 is 1.25 bits per heavy atom. The molecule has 0 radical (unpaired) electrons. The molecule has 0 aromatic rings. The van der Waals surface area contributed by atoms with Crippen LogP contribution in [0.15, 0.2) is 0 Å². The number of ether oxygens (including phenoxy) is 1. The van der Waals surface area contributed by atoms with Crippen molar-refractivity contribution < 1.29 is 19.4 Å². The summed E-state index contributed by atoms with van der Waals surface area (Å²) in [5.41, 5.74) is 0. The quantitative estimate of drug-likeness (QED) is 0.718. The van der Waals surface area contributed by atoms with Gasteiger partial charge in [0.15, 0.2) is 0 Å². The average molecular weight is 285 g/mol. The molecule has 0 bridgehead atoms. The maximum absolute atomic E-state index is 12.1. The van der Waals surface area contributed by atoms with Crippen LogP contribution in [0.4, 0.5) is 0 Å². The molecule has 1 aliphatic rings. The number of carboxylic acids is 1. The van der Waals surface area contributed by atoms with E-state index in [4.69, 9.17) is 9.84 Å². The molecule has 0 aromatic heterocycles. The number of nitrogens with one attached hydrogen (secondary N) is 1. The first-order valence-electron chi connectivity index (χ1n) is 7.77. The van der Waals surface area contributed by atoms with Gasteiger partial charge in [-0.05, 0) is 25.7 Å². The van der Waals surface area contributed by atoms with Gasteiger partial charge in [0.1, 0.15) is 12.1 Å². The minimum absolute atomic E-state index is 0.147. The molecule has 1 rings (SSSR count). The molecular formula is C15H27NO4. The summed E-state index contributed by atoms with van der Waals surface area (Å²) < 4.78 is 5.86. The van der Waals surface area contributed by atoms with Crippen molar-refractivity contribution in [1.82, 2.24) is 5.32 Å². The number of carboxylic acid groups (broad SMARTS) is 1. The summed E-state index contributed by atoms with van der Waals surface area (Å²) in [5, 5.41) is 11.7. The highest BCUT2D eigenvalue weighted by molar-refractivity contribution is 5.86. The van der Waals surface area contributed by atoms with E-state index >= 15 is 0 Å². The van der Waals surface area contributed by atoms with E-state index in [9.17, 15) is 9.59 Å². The van der Waals surface area contributed by atoms with E-state index in [0.29, 0.717) is 12.8 Å². The molecular weight excluding hydrogens is 258 g/mol. The normalized spacial score (nSPS) is 19.3. The lowest BCUT2D eigenvalue weighted by molar-refractivity contribution is -0.146. The molecule has 0 spiro atoms. The van der Waals surface area contributed by atoms with Crippen LogP contribution < -0.4 is 5.32 Å². The van der Waals surface area contributed by atoms with Crippen LogP contribution in [0, 0.1) is 0 Å². The molecule has 1 fully saturated rings. The summed E-state index contributed by atoms with van der Waals surface area (Å²) in [6.07, 6.45) is 6.89. The smallest absolute Gasteiger partial charge is 0.326 e. The minimum atomic E-state index is -0.979. The van der Waals surface area contributed by atoms with Crippen molar-refractivity contribution in [3.05, 3.63) is 0 Å². The molecule has 116 valence electrons. The van der Waals surface area contributed by atoms with Gasteiger partial charge in [0, 0.05) is 0 Å². The van der Waals surface area contributed by atoms with Crippen molar-refractivity contribution in [2.45, 2.75) is 83.5 Å². The molecule has 0 saturated heterocycles. The first-order valence-corrected chi connectivity index (χ1v) is 7.77. The van der Waals surface area contributed by atoms with Crippen molar-refractivity contribution >= 4 is 11.9 Å². The monoisotopic (exact) mass is 285 g/mol. The van der Waals surface area contributed by atoms with Crippen LogP contribution >= 0.6 is 0 Å². The zero-order valence-corrected chi connectivity index (χ0v) is 12.6. The molecule has 0 heterocycles. The molecule has 20 heavy (non-hydrogen) atoms. The van der Waals surface area contributed by atoms with Gasteiger partial charge in [-0.25, -0.2) is 4.79 Å². The van der Waals surface area contributed by atoms with Gasteiger partial charge in [0.2, 0.25) is 5.91 Å². The van der Waals surface area contributed by atoms with Crippen LogP contribution in [0.1, 0.15) is 65.2 Å². The summed E-state index contributed by atoms with van der Waals surface area (Å²) in [6.45, 7) is 3.79. The largest absolute Gasteiger partial charge is 0.480 e. The van der Waals surface area contributed by atoms with E-state index < -0.39 is 18.1 Å². The van der Waals surface area contributed by atoms with Gasteiger partial charge in [-0.3, -0.25) is 4.79 Å². The van der Waals surface area contributed by atoms with Crippen LogP contribution in [0.2, 0.25) is 0 Å². The van der Waals surface area contributed by atoms with Gasteiger partial charge < -0.3 is 15.2 Å². The van der Waals surface area contributed by atoms with Gasteiger partial charge in [-0.15, -0.1) is 0 Å². The lowest BCUT2D eigenvalue weighted by atomic mass is 9.97. The second-order valence-corrected chi connectivity index (χ2v) is 5.48. The van der Waals surface area contributed by atoms with Crippen molar-refractivity contribution in [3.8, 4) is 0 Å². The molecule has 5 nitrogen and oxygen atoms in total. The van der Waals surface area contributed by atoms with Gasteiger partial charge >= 0.3 is 5.97 Å². The van der Waals surface area contributed by atoms with Crippen molar-refractivity contribution in [2.75, 3.05) is 0 Å². The summed E-state index contributed by atoms with van der Waals surface area (Å²) in [6, 6.07) is -0.809. The zero-order valence-electron chi connectivity index (χ0n) is 12.6. The van der Waals surface area contributed by atoms with Gasteiger partial charge in [-0.2, -0.15) is 0 Å². The van der Waals surface area contributed by atoms with E-state index in [-0.39, 0.29) is 12.0 Å². The number of carbonyl (C=O) groups is 2. The Labute approximate surface area is 121 Å². The predicted molar refractivity (Wildman–Crippen MR) is 76.5 cm³/mol. The maximum atomic E-state index is 12.1. The van der Waals surface area contributed by atoms with E-state index in [0.717, 1.165) is 32.1 Å². The Kier molecular flexibility index (Phi) is 7.59. The zero-order chi connectivity index (χ0) is 15.0. The van der Waals surface area contributed by atoms with Gasteiger partial charge in [0.25, 0.3) is 0 Å². The Morgan fingerprint density at radius 3 is 2.40 bits per heavy atom. The van der Waals surface area contributed by atoms with E-state index in [1.54, 1.807) is 0 Å². The summed E-state index contributed by atoms with van der Waals surface area (Å²) in [7, 11) is 0. The molecule has 2 unspecified atom stereocenters. The first-order chi connectivity index (χ1) is 9.58. The van der Waals surface area contributed by atoms with Gasteiger partial charge in [0.05, 0.1) is 6.10 Å². The number of amides is 1. The Balaban J connectivity index is 2.49. The second kappa shape index (κ2) is 8.95. The summed E-state index contributed by atoms with van der Waals surface area (Å²) in [5.74, 6) is -1.27. The average Bonchev–Trinajstić information content (AvgIpc) is 2.45. The first kappa shape index (κ1) is 17.0. The van der Waals surface area contributed by atoms with E-state index in [1.807, 2.05) is 13.8 Å². The number of carbonyl (C=O) groups excluding carboxylic acids is 1. The predicted octanol–water partition coefficient (Wildman–Crippen LogP) is 2.48. The van der Waals surface area contributed by atoms with Crippen molar-refractivity contribution in [3.63, 3.8) is 0 Å². The standard InChI is InChI=1S/C15H27NO4/c1-3-8-12(15(18)19)16-14(17)13(4-2)20-11-9-6-5-7-10-11/h11-13H,3-10H2,1-2H3,(H,16,17)(H,18,19). The van der Waals surface area contributed by atoms with Gasteiger partial charge in [-0.1, -0.05) is 39.5 Å². The number of hydrogen-bond acceptors (Lipinski definition) is 3. The fourth-order valence-corrected chi connectivity index (χ4v) is 2.59. The maximum Gasteiger partial charge on any atom is 0.326 e. The van der Waals surface area contributed by atoms with E-state index in [1.165, 1.54) is 6.42 Å². The minimum Gasteiger partial charge on any atom is -0.480 e. The Hall–Kier alpha value is -1.10. The molecule has 0 aromatic carbocycles. The molecule has 2 atom stereocenters. The molecule has 2 N–H and O–H groups in total. The SMILES string of the molecule is CCCC(NC(=O)C(CC)OC1CCCCC1)C(=O)O. The third-order valence-electron chi connectivity index (χ3n) is 3.76. The third-order valence-corrected chi connectivity index (χ3v) is 3.76. The number of rotatable bonds is 8. The second-order valence-electron chi connectivity index (χ2n) is 5.48. The van der Waals surface area contributed by atoms with Crippen LogP contribution in [0.5, 0.6) is 0 Å². The van der Waals surface area contributed by atoms with Crippen molar-refractivity contribution in [1.29, 1.82) is 0 Å². The highest BCUT2D eigenvalue weighted by Crippen LogP contribution is 2.22. The Bertz CT molecular complexity index is 313. The fraction of sp³-hybridized carbons (Fsp3) is 0.867. The van der Waals surface area contributed by atoms with Crippen LogP contribution in [-0.2, 0) is 14.3 Å². The summed E-state index contributed by atoms with van der Waals surface area (Å²) >= 11 is 0. The van der Waals surface area contributed by atoms with Crippen LogP contribution in [0.25, 0.3) is 0 Å². The van der Waals surface area contributed by atoms with Crippen LogP contribution in [0.3, 0.4) is 0 Å². The molecule has 1 saturated carbocycles. The number of hydrogen-bond donors (Lipinski definition) is 2. The highest BCUT2D eigenvalue weighted by atomic mass is 16.5. The summed E-state index contributed by atoms with van der Waals surface area (Å²) in [4.78, 5) is 23.2. The fourth-order valence-electron chi connectivity index (χ4n) is 2.59. The molecule has 1 amide bonds. The van der Waals surface area contributed by atoms with Crippen LogP contribution in [-0.4, -0.2) is 35.2 Å². The van der Waals surface area contributed by atoms with E-state index in [2.05, 4.69) is 5.32 Å². The molecule has 1 aliphatic carbocycles. The van der Waals surface area contributed by atoms with Crippen molar-refractivity contribution in [2.24, 2.45) is 0 Å².